The number of benzene rings is 1. The zero-order chi connectivity index (χ0) is 14.4. The summed E-state index contributed by atoms with van der Waals surface area (Å²) < 4.78 is 11.9. The van der Waals surface area contributed by atoms with E-state index in [-0.39, 0.29) is 11.6 Å². The normalized spacial score (nSPS) is 18.9. The summed E-state index contributed by atoms with van der Waals surface area (Å²) in [6, 6.07) is 8.01. The van der Waals surface area contributed by atoms with Gasteiger partial charge in [-0.15, -0.1) is 0 Å². The summed E-state index contributed by atoms with van der Waals surface area (Å²) in [4.78, 5) is 0. The standard InChI is InChI=1S/C17H27NO2/c1-3-13-19-15-10-6-5-9-14(15)16(18)17(20-4-2)11-7-8-12-17/h5-6,9-10,16H,3-4,7-8,11-13,18H2,1-2H3. The van der Waals surface area contributed by atoms with E-state index in [1.807, 2.05) is 25.1 Å². The highest BCUT2D eigenvalue weighted by molar-refractivity contribution is 5.37. The average molecular weight is 277 g/mol. The van der Waals surface area contributed by atoms with Crippen molar-refractivity contribution >= 4 is 0 Å². The van der Waals surface area contributed by atoms with Gasteiger partial charge in [0.2, 0.25) is 0 Å². The lowest BCUT2D eigenvalue weighted by Gasteiger charge is -2.36. The van der Waals surface area contributed by atoms with Gasteiger partial charge in [-0.1, -0.05) is 38.0 Å². The third-order valence-electron chi connectivity index (χ3n) is 4.16. The molecular formula is C17H27NO2. The molecule has 1 fully saturated rings. The van der Waals surface area contributed by atoms with E-state index in [1.54, 1.807) is 0 Å². The van der Waals surface area contributed by atoms with Crippen molar-refractivity contribution in [2.75, 3.05) is 13.2 Å². The van der Waals surface area contributed by atoms with E-state index in [4.69, 9.17) is 15.2 Å². The maximum Gasteiger partial charge on any atom is 0.124 e. The molecule has 0 amide bonds. The first-order valence-electron chi connectivity index (χ1n) is 7.84. The molecule has 1 aromatic carbocycles. The third-order valence-corrected chi connectivity index (χ3v) is 4.16. The summed E-state index contributed by atoms with van der Waals surface area (Å²) in [6.45, 7) is 5.60. The summed E-state index contributed by atoms with van der Waals surface area (Å²) in [7, 11) is 0. The van der Waals surface area contributed by atoms with Gasteiger partial charge in [-0.05, 0) is 32.3 Å². The average Bonchev–Trinajstić information content (AvgIpc) is 2.95. The molecule has 20 heavy (non-hydrogen) atoms. The Morgan fingerprint density at radius 3 is 2.55 bits per heavy atom. The number of hydrogen-bond donors (Lipinski definition) is 1. The molecule has 0 bridgehead atoms. The van der Waals surface area contributed by atoms with E-state index < -0.39 is 0 Å². The second kappa shape index (κ2) is 7.09. The Balaban J connectivity index is 2.24. The Kier molecular flexibility index (Phi) is 5.44. The zero-order valence-corrected chi connectivity index (χ0v) is 12.7. The fraction of sp³-hybridized carbons (Fsp3) is 0.647. The van der Waals surface area contributed by atoms with Crippen molar-refractivity contribution in [1.29, 1.82) is 0 Å². The Bertz CT molecular complexity index is 413. The van der Waals surface area contributed by atoms with E-state index in [0.29, 0.717) is 6.61 Å². The maximum absolute atomic E-state index is 6.59. The summed E-state index contributed by atoms with van der Waals surface area (Å²) >= 11 is 0. The van der Waals surface area contributed by atoms with Crippen LogP contribution in [-0.4, -0.2) is 18.8 Å². The molecule has 0 heterocycles. The first kappa shape index (κ1) is 15.3. The van der Waals surface area contributed by atoms with Gasteiger partial charge in [-0.25, -0.2) is 0 Å². The topological polar surface area (TPSA) is 44.5 Å². The van der Waals surface area contributed by atoms with E-state index in [2.05, 4.69) is 13.0 Å². The minimum Gasteiger partial charge on any atom is -0.493 e. The van der Waals surface area contributed by atoms with Crippen LogP contribution in [0.4, 0.5) is 0 Å². The van der Waals surface area contributed by atoms with E-state index in [9.17, 15) is 0 Å². The first-order chi connectivity index (χ1) is 9.73. The van der Waals surface area contributed by atoms with Crippen LogP contribution in [0.25, 0.3) is 0 Å². The minimum absolute atomic E-state index is 0.113. The number of para-hydroxylation sites is 1. The molecule has 112 valence electrons. The summed E-state index contributed by atoms with van der Waals surface area (Å²) in [5.74, 6) is 0.910. The van der Waals surface area contributed by atoms with Crippen molar-refractivity contribution in [3.8, 4) is 5.75 Å². The molecule has 1 unspecified atom stereocenters. The Morgan fingerprint density at radius 2 is 1.90 bits per heavy atom. The lowest BCUT2D eigenvalue weighted by atomic mass is 9.87. The molecule has 2 N–H and O–H groups in total. The van der Waals surface area contributed by atoms with Gasteiger partial charge in [0.15, 0.2) is 0 Å². The highest BCUT2D eigenvalue weighted by Gasteiger charge is 2.42. The monoisotopic (exact) mass is 277 g/mol. The molecule has 3 nitrogen and oxygen atoms in total. The lowest BCUT2D eigenvalue weighted by molar-refractivity contribution is -0.0541. The highest BCUT2D eigenvalue weighted by Crippen LogP contribution is 2.43. The van der Waals surface area contributed by atoms with Crippen LogP contribution in [-0.2, 0) is 4.74 Å². The van der Waals surface area contributed by atoms with E-state index >= 15 is 0 Å². The van der Waals surface area contributed by atoms with Gasteiger partial charge < -0.3 is 15.2 Å². The zero-order valence-electron chi connectivity index (χ0n) is 12.7. The van der Waals surface area contributed by atoms with Crippen LogP contribution in [0.2, 0.25) is 0 Å². The first-order valence-corrected chi connectivity index (χ1v) is 7.84. The maximum atomic E-state index is 6.59. The van der Waals surface area contributed by atoms with Crippen LogP contribution in [0.5, 0.6) is 5.75 Å². The van der Waals surface area contributed by atoms with Crippen molar-refractivity contribution in [3.05, 3.63) is 29.8 Å². The van der Waals surface area contributed by atoms with Gasteiger partial charge in [0, 0.05) is 12.2 Å². The van der Waals surface area contributed by atoms with Crippen molar-refractivity contribution in [1.82, 2.24) is 0 Å². The van der Waals surface area contributed by atoms with Crippen LogP contribution in [0.15, 0.2) is 24.3 Å². The molecule has 0 saturated heterocycles. The minimum atomic E-state index is -0.208. The van der Waals surface area contributed by atoms with Crippen LogP contribution in [0.3, 0.4) is 0 Å². The third kappa shape index (κ3) is 3.15. The lowest BCUT2D eigenvalue weighted by Crippen LogP contribution is -2.41. The second-order valence-electron chi connectivity index (χ2n) is 5.57. The van der Waals surface area contributed by atoms with Gasteiger partial charge in [0.1, 0.15) is 5.75 Å². The van der Waals surface area contributed by atoms with Crippen molar-refractivity contribution in [3.63, 3.8) is 0 Å². The number of rotatable bonds is 7. The predicted octanol–water partition coefficient (Wildman–Crippen LogP) is 3.82. The molecular weight excluding hydrogens is 250 g/mol. The fourth-order valence-corrected chi connectivity index (χ4v) is 3.17. The molecule has 0 radical (unpaired) electrons. The van der Waals surface area contributed by atoms with E-state index in [0.717, 1.165) is 37.2 Å². The quantitative estimate of drug-likeness (QED) is 0.824. The second-order valence-corrected chi connectivity index (χ2v) is 5.57. The molecule has 0 spiro atoms. The van der Waals surface area contributed by atoms with Crippen LogP contribution in [0, 0.1) is 0 Å². The Morgan fingerprint density at radius 1 is 1.20 bits per heavy atom. The summed E-state index contributed by atoms with van der Waals surface area (Å²) in [6.07, 6.45) is 5.49. The van der Waals surface area contributed by atoms with E-state index in [1.165, 1.54) is 12.8 Å². The molecule has 1 aliphatic carbocycles. The summed E-state index contributed by atoms with van der Waals surface area (Å²) in [5, 5.41) is 0. The number of ether oxygens (including phenoxy) is 2. The van der Waals surface area contributed by atoms with Gasteiger partial charge >= 0.3 is 0 Å². The van der Waals surface area contributed by atoms with Gasteiger partial charge in [-0.2, -0.15) is 0 Å². The SMILES string of the molecule is CCCOc1ccccc1C(N)C1(OCC)CCCC1. The van der Waals surface area contributed by atoms with Crippen LogP contribution < -0.4 is 10.5 Å². The van der Waals surface area contributed by atoms with Crippen LogP contribution in [0.1, 0.15) is 57.6 Å². The van der Waals surface area contributed by atoms with Gasteiger partial charge in [0.05, 0.1) is 18.2 Å². The number of hydrogen-bond acceptors (Lipinski definition) is 3. The molecule has 1 saturated carbocycles. The summed E-state index contributed by atoms with van der Waals surface area (Å²) in [5.41, 5.74) is 7.46. The Hall–Kier alpha value is -1.06. The molecule has 1 aromatic rings. The molecule has 1 atom stereocenters. The number of nitrogens with two attached hydrogens (primary N) is 1. The van der Waals surface area contributed by atoms with Crippen molar-refractivity contribution < 1.29 is 9.47 Å². The predicted molar refractivity (Wildman–Crippen MR) is 82.0 cm³/mol. The molecule has 0 aliphatic heterocycles. The van der Waals surface area contributed by atoms with Gasteiger partial charge in [-0.3, -0.25) is 0 Å². The molecule has 2 rings (SSSR count). The molecule has 0 aromatic heterocycles. The fourth-order valence-electron chi connectivity index (χ4n) is 3.17. The van der Waals surface area contributed by atoms with Crippen molar-refractivity contribution in [2.45, 2.75) is 57.6 Å². The smallest absolute Gasteiger partial charge is 0.124 e. The van der Waals surface area contributed by atoms with Gasteiger partial charge in [0.25, 0.3) is 0 Å². The largest absolute Gasteiger partial charge is 0.493 e. The van der Waals surface area contributed by atoms with Crippen molar-refractivity contribution in [2.24, 2.45) is 5.73 Å². The highest BCUT2D eigenvalue weighted by atomic mass is 16.5. The molecule has 3 heteroatoms. The molecule has 1 aliphatic rings. The Labute approximate surface area is 122 Å². The van der Waals surface area contributed by atoms with Crippen LogP contribution >= 0.6 is 0 Å².